The predicted molar refractivity (Wildman–Crippen MR) is 126 cm³/mol. The second-order valence-corrected chi connectivity index (χ2v) is 8.81. The zero-order chi connectivity index (χ0) is 20.6. The maximum Gasteiger partial charge on any atom is 0.224 e. The maximum atomic E-state index is 12.2. The summed E-state index contributed by atoms with van der Waals surface area (Å²) in [4.78, 5) is 18.5. The van der Waals surface area contributed by atoms with Crippen molar-refractivity contribution in [3.63, 3.8) is 0 Å². The molecule has 156 valence electrons. The Morgan fingerprint density at radius 1 is 0.900 bits per heavy atom. The van der Waals surface area contributed by atoms with Crippen LogP contribution >= 0.6 is 11.3 Å². The Labute approximate surface area is 183 Å². The van der Waals surface area contributed by atoms with E-state index in [1.165, 1.54) is 16.1 Å². The standard InChI is InChI=1S/C25H29N3OS/c29-25(10-4-8-24-9-5-19-30-24)26-22-11-13-23(14-12-22)28-17-15-27(16-18-28)20-21-6-2-1-3-7-21/h1-3,5-7,9,11-14,19H,4,8,10,15-18,20H2,(H,26,29). The Hall–Kier alpha value is -2.63. The van der Waals surface area contributed by atoms with Crippen molar-refractivity contribution < 1.29 is 4.79 Å². The Morgan fingerprint density at radius 3 is 2.37 bits per heavy atom. The number of thiophene rings is 1. The van der Waals surface area contributed by atoms with Crippen LogP contribution in [0.4, 0.5) is 11.4 Å². The van der Waals surface area contributed by atoms with Gasteiger partial charge in [0.2, 0.25) is 5.91 Å². The summed E-state index contributed by atoms with van der Waals surface area (Å²) in [6.07, 6.45) is 2.42. The third-order valence-corrected chi connectivity index (χ3v) is 6.48. The van der Waals surface area contributed by atoms with Gasteiger partial charge in [-0.25, -0.2) is 0 Å². The summed E-state index contributed by atoms with van der Waals surface area (Å²) in [7, 11) is 0. The number of benzene rings is 2. The highest BCUT2D eigenvalue weighted by molar-refractivity contribution is 7.09. The van der Waals surface area contributed by atoms with Crippen molar-refractivity contribution in [2.75, 3.05) is 36.4 Å². The summed E-state index contributed by atoms with van der Waals surface area (Å²) < 4.78 is 0. The predicted octanol–water partition coefficient (Wildman–Crippen LogP) is 5.03. The van der Waals surface area contributed by atoms with Crippen LogP contribution in [0.5, 0.6) is 0 Å². The van der Waals surface area contributed by atoms with E-state index in [0.717, 1.165) is 51.3 Å². The third-order valence-electron chi connectivity index (χ3n) is 5.54. The molecule has 2 heterocycles. The lowest BCUT2D eigenvalue weighted by molar-refractivity contribution is -0.116. The van der Waals surface area contributed by atoms with Crippen LogP contribution in [0.15, 0.2) is 72.1 Å². The van der Waals surface area contributed by atoms with Gasteiger partial charge in [0.15, 0.2) is 0 Å². The lowest BCUT2D eigenvalue weighted by atomic mass is 10.2. The molecule has 1 aromatic heterocycles. The maximum absolute atomic E-state index is 12.2. The van der Waals surface area contributed by atoms with Crippen LogP contribution in [-0.4, -0.2) is 37.0 Å². The SMILES string of the molecule is O=C(CCCc1cccs1)Nc1ccc(N2CCN(Cc3ccccc3)CC2)cc1. The first-order valence-electron chi connectivity index (χ1n) is 10.7. The Kier molecular flexibility index (Phi) is 7.16. The molecule has 0 spiro atoms. The van der Waals surface area contributed by atoms with E-state index < -0.39 is 0 Å². The van der Waals surface area contributed by atoms with Gasteiger partial charge in [0.05, 0.1) is 0 Å². The molecular formula is C25H29N3OS. The molecule has 0 radical (unpaired) electrons. The number of carbonyl (C=O) groups is 1. The van der Waals surface area contributed by atoms with Crippen molar-refractivity contribution in [2.24, 2.45) is 0 Å². The molecule has 2 aromatic carbocycles. The summed E-state index contributed by atoms with van der Waals surface area (Å²) >= 11 is 1.75. The smallest absolute Gasteiger partial charge is 0.224 e. The quantitative estimate of drug-likeness (QED) is 0.556. The minimum Gasteiger partial charge on any atom is -0.369 e. The lowest BCUT2D eigenvalue weighted by Crippen LogP contribution is -2.45. The first-order chi connectivity index (χ1) is 14.8. The number of amides is 1. The van der Waals surface area contributed by atoms with Gasteiger partial charge in [-0.05, 0) is 54.1 Å². The van der Waals surface area contributed by atoms with Crippen molar-refractivity contribution in [3.05, 3.63) is 82.6 Å². The third kappa shape index (κ3) is 5.94. The summed E-state index contributed by atoms with van der Waals surface area (Å²) in [5.41, 5.74) is 3.48. The molecule has 4 nitrogen and oxygen atoms in total. The van der Waals surface area contributed by atoms with E-state index in [1.807, 2.05) is 12.1 Å². The molecule has 1 fully saturated rings. The largest absolute Gasteiger partial charge is 0.369 e. The molecule has 0 aliphatic carbocycles. The summed E-state index contributed by atoms with van der Waals surface area (Å²) in [6, 6.07) is 23.1. The molecule has 0 saturated carbocycles. The summed E-state index contributed by atoms with van der Waals surface area (Å²) in [5.74, 6) is 0.0915. The number of nitrogens with one attached hydrogen (secondary N) is 1. The zero-order valence-electron chi connectivity index (χ0n) is 17.3. The first-order valence-corrected chi connectivity index (χ1v) is 11.6. The molecule has 1 aliphatic heterocycles. The minimum atomic E-state index is 0.0915. The fraction of sp³-hybridized carbons (Fsp3) is 0.320. The Morgan fingerprint density at radius 2 is 1.67 bits per heavy atom. The van der Waals surface area contributed by atoms with Crippen LogP contribution in [0, 0.1) is 0 Å². The highest BCUT2D eigenvalue weighted by Gasteiger charge is 2.17. The average Bonchev–Trinajstić information content (AvgIpc) is 3.29. The van der Waals surface area contributed by atoms with Crippen LogP contribution in [0.1, 0.15) is 23.3 Å². The second-order valence-electron chi connectivity index (χ2n) is 7.78. The molecule has 1 aliphatic rings. The van der Waals surface area contributed by atoms with Gasteiger partial charge in [0.25, 0.3) is 0 Å². The lowest BCUT2D eigenvalue weighted by Gasteiger charge is -2.36. The number of hydrogen-bond acceptors (Lipinski definition) is 4. The normalized spacial score (nSPS) is 14.6. The van der Waals surface area contributed by atoms with Gasteiger partial charge in [-0.3, -0.25) is 9.69 Å². The van der Waals surface area contributed by atoms with Gasteiger partial charge in [-0.1, -0.05) is 36.4 Å². The van der Waals surface area contributed by atoms with E-state index in [-0.39, 0.29) is 5.91 Å². The fourth-order valence-electron chi connectivity index (χ4n) is 3.86. The molecular weight excluding hydrogens is 390 g/mol. The summed E-state index contributed by atoms with van der Waals surface area (Å²) in [5, 5.41) is 5.11. The molecule has 0 atom stereocenters. The summed E-state index contributed by atoms with van der Waals surface area (Å²) in [6.45, 7) is 5.21. The molecule has 4 rings (SSSR count). The number of nitrogens with zero attached hydrogens (tertiary/aromatic N) is 2. The molecule has 1 amide bonds. The molecule has 0 unspecified atom stereocenters. The van der Waals surface area contributed by atoms with E-state index in [0.29, 0.717) is 6.42 Å². The van der Waals surface area contributed by atoms with Gasteiger partial charge in [-0.15, -0.1) is 11.3 Å². The fourth-order valence-corrected chi connectivity index (χ4v) is 4.61. The number of carbonyl (C=O) groups excluding carboxylic acids is 1. The van der Waals surface area contributed by atoms with Crippen molar-refractivity contribution >= 4 is 28.6 Å². The Bertz CT molecular complexity index is 901. The van der Waals surface area contributed by atoms with Gasteiger partial charge < -0.3 is 10.2 Å². The number of aryl methyl sites for hydroxylation is 1. The van der Waals surface area contributed by atoms with E-state index >= 15 is 0 Å². The zero-order valence-corrected chi connectivity index (χ0v) is 18.1. The second kappa shape index (κ2) is 10.4. The van der Waals surface area contributed by atoms with E-state index in [4.69, 9.17) is 0 Å². The average molecular weight is 420 g/mol. The molecule has 3 aromatic rings. The van der Waals surface area contributed by atoms with Gasteiger partial charge in [0, 0.05) is 55.4 Å². The number of rotatable bonds is 8. The van der Waals surface area contributed by atoms with E-state index in [2.05, 4.69) is 75.1 Å². The molecule has 5 heteroatoms. The Balaban J connectivity index is 1.20. The highest BCUT2D eigenvalue weighted by Crippen LogP contribution is 2.20. The van der Waals surface area contributed by atoms with Crippen LogP contribution in [0.3, 0.4) is 0 Å². The van der Waals surface area contributed by atoms with Crippen LogP contribution < -0.4 is 10.2 Å². The monoisotopic (exact) mass is 419 g/mol. The van der Waals surface area contributed by atoms with Gasteiger partial charge >= 0.3 is 0 Å². The van der Waals surface area contributed by atoms with Gasteiger partial charge in [-0.2, -0.15) is 0 Å². The molecule has 1 saturated heterocycles. The van der Waals surface area contributed by atoms with E-state index in [1.54, 1.807) is 11.3 Å². The van der Waals surface area contributed by atoms with Crippen molar-refractivity contribution in [3.8, 4) is 0 Å². The minimum absolute atomic E-state index is 0.0915. The number of anilines is 2. The first kappa shape index (κ1) is 20.6. The number of piperazine rings is 1. The van der Waals surface area contributed by atoms with Crippen LogP contribution in [0.25, 0.3) is 0 Å². The van der Waals surface area contributed by atoms with E-state index in [9.17, 15) is 4.79 Å². The molecule has 30 heavy (non-hydrogen) atoms. The highest BCUT2D eigenvalue weighted by atomic mass is 32.1. The van der Waals surface area contributed by atoms with Crippen molar-refractivity contribution in [2.45, 2.75) is 25.8 Å². The molecule has 0 bridgehead atoms. The van der Waals surface area contributed by atoms with Crippen molar-refractivity contribution in [1.29, 1.82) is 0 Å². The number of hydrogen-bond donors (Lipinski definition) is 1. The topological polar surface area (TPSA) is 35.6 Å². The van der Waals surface area contributed by atoms with Crippen LogP contribution in [-0.2, 0) is 17.8 Å². The molecule has 1 N–H and O–H groups in total. The van der Waals surface area contributed by atoms with Crippen LogP contribution in [0.2, 0.25) is 0 Å². The van der Waals surface area contributed by atoms with Crippen molar-refractivity contribution in [1.82, 2.24) is 4.90 Å². The van der Waals surface area contributed by atoms with Gasteiger partial charge in [0.1, 0.15) is 0 Å².